The summed E-state index contributed by atoms with van der Waals surface area (Å²) in [5.41, 5.74) is 3.05. The molecule has 2 aliphatic carbocycles. The van der Waals surface area contributed by atoms with E-state index in [1.54, 1.807) is 6.08 Å². The zero-order valence-corrected chi connectivity index (χ0v) is 11.2. The van der Waals surface area contributed by atoms with Gasteiger partial charge in [-0.1, -0.05) is 31.1 Å². The maximum Gasteiger partial charge on any atom is 0.330 e. The Kier molecular flexibility index (Phi) is 3.15. The number of esters is 1. The summed E-state index contributed by atoms with van der Waals surface area (Å²) in [6.07, 6.45) is 6.19. The van der Waals surface area contributed by atoms with E-state index in [0.29, 0.717) is 18.4 Å². The number of hydrogen-bond acceptors (Lipinski definition) is 2. The van der Waals surface area contributed by atoms with Crippen LogP contribution < -0.4 is 0 Å². The second-order valence-corrected chi connectivity index (χ2v) is 5.80. The Morgan fingerprint density at radius 3 is 2.82 bits per heavy atom. The van der Waals surface area contributed by atoms with E-state index in [9.17, 15) is 4.79 Å². The van der Waals surface area contributed by atoms with Crippen molar-refractivity contribution in [3.63, 3.8) is 0 Å². The largest absolute Gasteiger partial charge is 0.463 e. The topological polar surface area (TPSA) is 26.3 Å². The molecule has 2 rings (SSSR count). The molecule has 1 saturated carbocycles. The second-order valence-electron chi connectivity index (χ2n) is 5.80. The highest BCUT2D eigenvalue weighted by atomic mass is 16.5. The number of allylic oxidation sites excluding steroid dienone is 3. The van der Waals surface area contributed by atoms with Crippen molar-refractivity contribution in [2.24, 2.45) is 17.3 Å². The van der Waals surface area contributed by atoms with Gasteiger partial charge in [0.1, 0.15) is 0 Å². The number of fused-ring (bicyclic) bond motifs is 1. The molecule has 0 spiro atoms. The maximum absolute atomic E-state index is 11.4. The number of rotatable bonds is 2. The second kappa shape index (κ2) is 4.32. The minimum absolute atomic E-state index is 0.180. The average molecular weight is 234 g/mol. The minimum atomic E-state index is -0.180. The molecule has 0 amide bonds. The first-order valence-corrected chi connectivity index (χ1v) is 6.50. The van der Waals surface area contributed by atoms with Gasteiger partial charge in [-0.3, -0.25) is 0 Å². The van der Waals surface area contributed by atoms with E-state index < -0.39 is 0 Å². The number of hydrogen-bond donors (Lipinski definition) is 0. The highest BCUT2D eigenvalue weighted by molar-refractivity contribution is 5.82. The lowest BCUT2D eigenvalue weighted by atomic mass is 9.76. The smallest absolute Gasteiger partial charge is 0.330 e. The zero-order chi connectivity index (χ0) is 12.6. The summed E-state index contributed by atoms with van der Waals surface area (Å²) in [6.45, 7) is 9.16. The molecule has 1 fully saturated rings. The fourth-order valence-corrected chi connectivity index (χ4v) is 3.22. The standard InChI is InChI=1S/C15H22O2/c1-5-17-14(16)9-11-7-12-6-10(2)15(3,4)13(12)8-11/h6,9,12-13H,5,7-8H2,1-4H3/b11-9-/t12-,13+/m0/s1. The van der Waals surface area contributed by atoms with Gasteiger partial charge in [0.05, 0.1) is 6.61 Å². The van der Waals surface area contributed by atoms with Gasteiger partial charge in [0.2, 0.25) is 0 Å². The van der Waals surface area contributed by atoms with Gasteiger partial charge in [0.15, 0.2) is 0 Å². The number of carbonyl (C=O) groups is 1. The fourth-order valence-electron chi connectivity index (χ4n) is 3.22. The molecule has 0 N–H and O–H groups in total. The molecule has 2 heteroatoms. The van der Waals surface area contributed by atoms with Crippen molar-refractivity contribution in [2.75, 3.05) is 6.61 Å². The summed E-state index contributed by atoms with van der Waals surface area (Å²) in [5, 5.41) is 0. The summed E-state index contributed by atoms with van der Waals surface area (Å²) in [6, 6.07) is 0. The zero-order valence-electron chi connectivity index (χ0n) is 11.2. The van der Waals surface area contributed by atoms with Crippen LogP contribution in [-0.2, 0) is 9.53 Å². The van der Waals surface area contributed by atoms with Gasteiger partial charge in [-0.25, -0.2) is 4.79 Å². The van der Waals surface area contributed by atoms with Crippen LogP contribution in [0.15, 0.2) is 23.3 Å². The third-order valence-corrected chi connectivity index (χ3v) is 4.51. The Labute approximate surface area is 104 Å². The molecule has 0 aromatic heterocycles. The Balaban J connectivity index is 2.09. The molecular weight excluding hydrogens is 212 g/mol. The lowest BCUT2D eigenvalue weighted by Gasteiger charge is -2.28. The third-order valence-electron chi connectivity index (χ3n) is 4.51. The van der Waals surface area contributed by atoms with Crippen molar-refractivity contribution in [1.82, 2.24) is 0 Å². The van der Waals surface area contributed by atoms with Crippen molar-refractivity contribution in [1.29, 1.82) is 0 Å². The molecule has 2 nitrogen and oxygen atoms in total. The molecule has 0 saturated heterocycles. The van der Waals surface area contributed by atoms with Crippen LogP contribution in [0, 0.1) is 17.3 Å². The summed E-state index contributed by atoms with van der Waals surface area (Å²) >= 11 is 0. The van der Waals surface area contributed by atoms with Gasteiger partial charge in [-0.05, 0) is 43.9 Å². The predicted molar refractivity (Wildman–Crippen MR) is 68.5 cm³/mol. The Bertz CT molecular complexity index is 388. The van der Waals surface area contributed by atoms with E-state index in [-0.39, 0.29) is 11.4 Å². The van der Waals surface area contributed by atoms with Gasteiger partial charge in [0, 0.05) is 6.08 Å². The minimum Gasteiger partial charge on any atom is -0.463 e. The molecule has 0 unspecified atom stereocenters. The van der Waals surface area contributed by atoms with Gasteiger partial charge < -0.3 is 4.74 Å². The Morgan fingerprint density at radius 1 is 1.53 bits per heavy atom. The van der Waals surface area contributed by atoms with E-state index in [4.69, 9.17) is 4.74 Å². The molecular formula is C15H22O2. The molecule has 0 bridgehead atoms. The van der Waals surface area contributed by atoms with E-state index in [2.05, 4.69) is 26.8 Å². The van der Waals surface area contributed by atoms with Gasteiger partial charge in [-0.2, -0.15) is 0 Å². The van der Waals surface area contributed by atoms with Crippen molar-refractivity contribution >= 4 is 5.97 Å². The van der Waals surface area contributed by atoms with E-state index in [1.165, 1.54) is 11.1 Å². The lowest BCUT2D eigenvalue weighted by molar-refractivity contribution is -0.137. The lowest BCUT2D eigenvalue weighted by Crippen LogP contribution is -2.21. The number of carbonyl (C=O) groups excluding carboxylic acids is 1. The van der Waals surface area contributed by atoms with Gasteiger partial charge >= 0.3 is 5.97 Å². The molecule has 0 aliphatic heterocycles. The summed E-state index contributed by atoms with van der Waals surface area (Å²) in [7, 11) is 0. The van der Waals surface area contributed by atoms with Crippen molar-refractivity contribution < 1.29 is 9.53 Å². The summed E-state index contributed by atoms with van der Waals surface area (Å²) in [4.78, 5) is 11.4. The van der Waals surface area contributed by atoms with Crippen LogP contribution in [0.1, 0.15) is 40.5 Å². The molecule has 17 heavy (non-hydrogen) atoms. The van der Waals surface area contributed by atoms with E-state index in [0.717, 1.165) is 12.8 Å². The monoisotopic (exact) mass is 234 g/mol. The Morgan fingerprint density at radius 2 is 2.24 bits per heavy atom. The van der Waals surface area contributed by atoms with Gasteiger partial charge in [-0.15, -0.1) is 0 Å². The molecule has 2 atom stereocenters. The number of ether oxygens (including phenoxy) is 1. The van der Waals surface area contributed by atoms with E-state index in [1.807, 2.05) is 6.92 Å². The summed E-state index contributed by atoms with van der Waals surface area (Å²) < 4.78 is 4.97. The Hall–Kier alpha value is -1.05. The van der Waals surface area contributed by atoms with Gasteiger partial charge in [0.25, 0.3) is 0 Å². The third kappa shape index (κ3) is 2.18. The van der Waals surface area contributed by atoms with E-state index >= 15 is 0 Å². The molecule has 0 aromatic carbocycles. The van der Waals surface area contributed by atoms with Crippen molar-refractivity contribution in [3.8, 4) is 0 Å². The average Bonchev–Trinajstić information content (AvgIpc) is 2.68. The molecule has 94 valence electrons. The van der Waals surface area contributed by atoms with Crippen LogP contribution in [0.25, 0.3) is 0 Å². The van der Waals surface area contributed by atoms with Crippen molar-refractivity contribution in [2.45, 2.75) is 40.5 Å². The van der Waals surface area contributed by atoms with Crippen LogP contribution in [0.5, 0.6) is 0 Å². The molecule has 0 radical (unpaired) electrons. The first kappa shape index (κ1) is 12.4. The van der Waals surface area contributed by atoms with Crippen LogP contribution in [-0.4, -0.2) is 12.6 Å². The van der Waals surface area contributed by atoms with Crippen LogP contribution >= 0.6 is 0 Å². The predicted octanol–water partition coefficient (Wildman–Crippen LogP) is 3.49. The van der Waals surface area contributed by atoms with Crippen LogP contribution in [0.2, 0.25) is 0 Å². The van der Waals surface area contributed by atoms with Crippen molar-refractivity contribution in [3.05, 3.63) is 23.3 Å². The first-order valence-electron chi connectivity index (χ1n) is 6.50. The normalized spacial score (nSPS) is 32.5. The first-order chi connectivity index (χ1) is 7.95. The fraction of sp³-hybridized carbons (Fsp3) is 0.667. The SMILES string of the molecule is CCOC(=O)/C=C1\C[C@@H]2[C@@H](C=C(C)C2(C)C)C1. The quantitative estimate of drug-likeness (QED) is 0.415. The van der Waals surface area contributed by atoms with Crippen LogP contribution in [0.3, 0.4) is 0 Å². The van der Waals surface area contributed by atoms with Crippen LogP contribution in [0.4, 0.5) is 0 Å². The summed E-state index contributed by atoms with van der Waals surface area (Å²) in [5.74, 6) is 1.12. The maximum atomic E-state index is 11.4. The molecule has 0 aromatic rings. The highest BCUT2D eigenvalue weighted by Gasteiger charge is 2.45. The molecule has 2 aliphatic rings. The highest BCUT2D eigenvalue weighted by Crippen LogP contribution is 2.55. The molecule has 0 heterocycles.